The van der Waals surface area contributed by atoms with Crippen molar-refractivity contribution >= 4 is 23.2 Å². The number of benzene rings is 2. The maximum absolute atomic E-state index is 13.9. The predicted octanol–water partition coefficient (Wildman–Crippen LogP) is 5.61. The Hall–Kier alpha value is -1.49. The van der Waals surface area contributed by atoms with Gasteiger partial charge in [0.25, 0.3) is 0 Å². The van der Waals surface area contributed by atoms with Crippen molar-refractivity contribution in [3.63, 3.8) is 0 Å². The molecule has 0 saturated heterocycles. The number of rotatable bonds is 8. The molecule has 2 aromatic carbocycles. The van der Waals surface area contributed by atoms with Gasteiger partial charge >= 0.3 is 0 Å². The zero-order chi connectivity index (χ0) is 18.4. The van der Waals surface area contributed by atoms with Crippen LogP contribution in [-0.2, 0) is 13.2 Å². The Balaban J connectivity index is 2.22. The van der Waals surface area contributed by atoms with E-state index in [1.807, 2.05) is 13.0 Å². The third-order valence-electron chi connectivity index (χ3n) is 3.55. The average molecular weight is 386 g/mol. The molecular formula is C19H22Cl2FNO2. The predicted molar refractivity (Wildman–Crippen MR) is 100 cm³/mol. The first kappa shape index (κ1) is 19.8. The van der Waals surface area contributed by atoms with Gasteiger partial charge in [-0.3, -0.25) is 0 Å². The lowest BCUT2D eigenvalue weighted by Gasteiger charge is -2.16. The van der Waals surface area contributed by atoms with E-state index in [0.29, 0.717) is 46.3 Å². The van der Waals surface area contributed by atoms with Crippen LogP contribution in [-0.4, -0.2) is 12.6 Å². The van der Waals surface area contributed by atoms with Crippen LogP contribution in [0, 0.1) is 5.82 Å². The van der Waals surface area contributed by atoms with Crippen molar-refractivity contribution in [2.75, 3.05) is 6.61 Å². The molecule has 0 amide bonds. The molecule has 0 radical (unpaired) electrons. The van der Waals surface area contributed by atoms with Gasteiger partial charge in [-0.05, 0) is 30.7 Å². The van der Waals surface area contributed by atoms with E-state index in [4.69, 9.17) is 32.7 Å². The molecule has 2 aromatic rings. The summed E-state index contributed by atoms with van der Waals surface area (Å²) < 4.78 is 25.3. The molecule has 0 aliphatic carbocycles. The van der Waals surface area contributed by atoms with Crippen LogP contribution in [0.25, 0.3) is 0 Å². The standard InChI is InChI=1S/C19H22Cl2FNO2/c1-4-24-18-8-13(10-23-12(2)3)16(21)9-19(18)25-11-14-15(20)6-5-7-17(14)22/h5-9,12,23H,4,10-11H2,1-3H3. The zero-order valence-electron chi connectivity index (χ0n) is 14.5. The van der Waals surface area contributed by atoms with Gasteiger partial charge < -0.3 is 14.8 Å². The van der Waals surface area contributed by atoms with E-state index >= 15 is 0 Å². The van der Waals surface area contributed by atoms with Gasteiger partial charge in [0.05, 0.1) is 11.6 Å². The quantitative estimate of drug-likeness (QED) is 0.640. The van der Waals surface area contributed by atoms with Gasteiger partial charge in [-0.2, -0.15) is 0 Å². The molecule has 0 heterocycles. The van der Waals surface area contributed by atoms with E-state index in [1.54, 1.807) is 18.2 Å². The molecule has 1 N–H and O–H groups in total. The van der Waals surface area contributed by atoms with Crippen molar-refractivity contribution in [2.45, 2.75) is 40.0 Å². The van der Waals surface area contributed by atoms with Gasteiger partial charge in [-0.25, -0.2) is 4.39 Å². The number of halogens is 3. The Labute approximate surface area is 158 Å². The smallest absolute Gasteiger partial charge is 0.163 e. The van der Waals surface area contributed by atoms with Crippen molar-refractivity contribution in [3.05, 3.63) is 57.3 Å². The van der Waals surface area contributed by atoms with Crippen LogP contribution in [0.1, 0.15) is 31.9 Å². The molecule has 0 aliphatic rings. The second-order valence-electron chi connectivity index (χ2n) is 5.85. The van der Waals surface area contributed by atoms with E-state index in [-0.39, 0.29) is 6.61 Å². The summed E-state index contributed by atoms with van der Waals surface area (Å²) in [5, 5.41) is 4.20. The molecule has 0 spiro atoms. The molecule has 25 heavy (non-hydrogen) atoms. The molecule has 0 unspecified atom stereocenters. The van der Waals surface area contributed by atoms with Crippen molar-refractivity contribution in [2.24, 2.45) is 0 Å². The maximum atomic E-state index is 13.9. The van der Waals surface area contributed by atoms with Crippen LogP contribution in [0.5, 0.6) is 11.5 Å². The summed E-state index contributed by atoms with van der Waals surface area (Å²) in [6.07, 6.45) is 0. The fraction of sp³-hybridized carbons (Fsp3) is 0.368. The molecule has 0 fully saturated rings. The van der Waals surface area contributed by atoms with Crippen molar-refractivity contribution in [1.82, 2.24) is 5.32 Å². The molecule has 0 bridgehead atoms. The highest BCUT2D eigenvalue weighted by Crippen LogP contribution is 2.35. The fourth-order valence-corrected chi connectivity index (χ4v) is 2.67. The highest BCUT2D eigenvalue weighted by molar-refractivity contribution is 6.31. The zero-order valence-corrected chi connectivity index (χ0v) is 16.0. The maximum Gasteiger partial charge on any atom is 0.163 e. The van der Waals surface area contributed by atoms with Crippen LogP contribution in [0.3, 0.4) is 0 Å². The van der Waals surface area contributed by atoms with E-state index in [1.165, 1.54) is 6.07 Å². The minimum absolute atomic E-state index is 0.00843. The van der Waals surface area contributed by atoms with E-state index in [9.17, 15) is 4.39 Å². The van der Waals surface area contributed by atoms with Gasteiger partial charge in [0, 0.05) is 29.2 Å². The molecule has 0 aromatic heterocycles. The minimum Gasteiger partial charge on any atom is -0.490 e. The number of hydrogen-bond donors (Lipinski definition) is 1. The highest BCUT2D eigenvalue weighted by Gasteiger charge is 2.14. The van der Waals surface area contributed by atoms with Crippen LogP contribution in [0.4, 0.5) is 4.39 Å². The third kappa shape index (κ3) is 5.50. The van der Waals surface area contributed by atoms with Crippen LogP contribution in [0.15, 0.2) is 30.3 Å². The number of nitrogens with one attached hydrogen (secondary N) is 1. The molecule has 0 saturated carbocycles. The lowest BCUT2D eigenvalue weighted by molar-refractivity contribution is 0.265. The SMILES string of the molecule is CCOc1cc(CNC(C)C)c(Cl)cc1OCc1c(F)cccc1Cl. The lowest BCUT2D eigenvalue weighted by atomic mass is 10.2. The summed E-state index contributed by atoms with van der Waals surface area (Å²) in [4.78, 5) is 0. The van der Waals surface area contributed by atoms with Crippen molar-refractivity contribution in [3.8, 4) is 11.5 Å². The average Bonchev–Trinajstić information content (AvgIpc) is 2.55. The Morgan fingerprint density at radius 1 is 1.08 bits per heavy atom. The van der Waals surface area contributed by atoms with E-state index in [0.717, 1.165) is 5.56 Å². The summed E-state index contributed by atoms with van der Waals surface area (Å²) in [5.41, 5.74) is 1.21. The van der Waals surface area contributed by atoms with Crippen molar-refractivity contribution < 1.29 is 13.9 Å². The van der Waals surface area contributed by atoms with Crippen LogP contribution in [0.2, 0.25) is 10.0 Å². The topological polar surface area (TPSA) is 30.5 Å². The first-order valence-electron chi connectivity index (χ1n) is 8.16. The lowest BCUT2D eigenvalue weighted by Crippen LogP contribution is -2.22. The molecule has 6 heteroatoms. The van der Waals surface area contributed by atoms with Crippen molar-refractivity contribution in [1.29, 1.82) is 0 Å². The Morgan fingerprint density at radius 3 is 2.44 bits per heavy atom. The number of ether oxygens (including phenoxy) is 2. The second kappa shape index (κ2) is 9.27. The monoisotopic (exact) mass is 385 g/mol. The molecule has 3 nitrogen and oxygen atoms in total. The van der Waals surface area contributed by atoms with Crippen LogP contribution < -0.4 is 14.8 Å². The number of hydrogen-bond acceptors (Lipinski definition) is 3. The van der Waals surface area contributed by atoms with Gasteiger partial charge in [0.1, 0.15) is 12.4 Å². The molecule has 136 valence electrons. The van der Waals surface area contributed by atoms with E-state index in [2.05, 4.69) is 19.2 Å². The molecule has 0 aliphatic heterocycles. The van der Waals surface area contributed by atoms with Gasteiger partial charge in [0.2, 0.25) is 0 Å². The van der Waals surface area contributed by atoms with Gasteiger partial charge in [-0.1, -0.05) is 43.1 Å². The summed E-state index contributed by atoms with van der Waals surface area (Å²) >= 11 is 12.4. The Bertz CT molecular complexity index is 703. The summed E-state index contributed by atoms with van der Waals surface area (Å²) in [6, 6.07) is 8.41. The summed E-state index contributed by atoms with van der Waals surface area (Å²) in [7, 11) is 0. The minimum atomic E-state index is -0.408. The summed E-state index contributed by atoms with van der Waals surface area (Å²) in [5.74, 6) is 0.619. The van der Waals surface area contributed by atoms with Gasteiger partial charge in [0.15, 0.2) is 11.5 Å². The largest absolute Gasteiger partial charge is 0.490 e. The Morgan fingerprint density at radius 2 is 1.80 bits per heavy atom. The van der Waals surface area contributed by atoms with Gasteiger partial charge in [-0.15, -0.1) is 0 Å². The molecule has 0 atom stereocenters. The first-order chi connectivity index (χ1) is 11.9. The Kier molecular flexibility index (Phi) is 7.36. The highest BCUT2D eigenvalue weighted by atomic mass is 35.5. The fourth-order valence-electron chi connectivity index (χ4n) is 2.23. The first-order valence-corrected chi connectivity index (χ1v) is 8.92. The van der Waals surface area contributed by atoms with E-state index < -0.39 is 5.82 Å². The molecular weight excluding hydrogens is 364 g/mol. The summed E-state index contributed by atoms with van der Waals surface area (Å²) in [6.45, 7) is 7.11. The normalized spacial score (nSPS) is 11.0. The van der Waals surface area contributed by atoms with Crippen LogP contribution >= 0.6 is 23.2 Å². The second-order valence-corrected chi connectivity index (χ2v) is 6.66. The molecule has 2 rings (SSSR count). The third-order valence-corrected chi connectivity index (χ3v) is 4.25.